The van der Waals surface area contributed by atoms with Crippen LogP contribution in [0.15, 0.2) is 12.1 Å². The second-order valence-electron chi connectivity index (χ2n) is 12.1. The monoisotopic (exact) mass is 789 g/mol. The Hall–Kier alpha value is 1.52. The average Bonchev–Trinajstić information content (AvgIpc) is 2.81. The third kappa shape index (κ3) is 18.5. The van der Waals surface area contributed by atoms with Crippen molar-refractivity contribution < 1.29 is 18.8 Å². The zero-order chi connectivity index (χ0) is 30.0. The Bertz CT molecular complexity index is 663. The van der Waals surface area contributed by atoms with Crippen LogP contribution >= 0.6 is 45.1 Å². The molecule has 0 unspecified atom stereocenters. The molecule has 222 valence electrons. The quantitative estimate of drug-likeness (QED) is 0.191. The van der Waals surface area contributed by atoms with E-state index in [0.29, 0.717) is 15.8 Å². The Balaban J connectivity index is -0.000000592. The van der Waals surface area contributed by atoms with Gasteiger partial charge in [-0.25, -0.2) is 0 Å². The van der Waals surface area contributed by atoms with Crippen LogP contribution in [0.5, 0.6) is 0 Å². The number of rotatable bonds is 7. The maximum atomic E-state index is 5.85. The fourth-order valence-electron chi connectivity index (χ4n) is 3.72. The predicted octanol–water partition coefficient (Wildman–Crippen LogP) is 11.8. The zero-order valence-corrected chi connectivity index (χ0v) is 33.3. The molecule has 0 aromatic heterocycles. The second-order valence-corrected chi connectivity index (χ2v) is 19.9. The number of halogens is 2. The standard InChI is InChI=1S/C19H29ClP.2C6H15P.ClH.Pt/c1-17(2,3)13-10-14(18(4,5)6)16(21-12-20)15(11-13)19(7,8)9;2*1-4-7(5-2)6-3;;/h10-11H,1-9H3;2*4-6H2,1-3H3;1H;/q-1;;;;+2/p-1. The molecule has 0 fully saturated rings. The molecule has 0 saturated heterocycles. The molecule has 0 heterocycles. The molecule has 37 heavy (non-hydrogen) atoms. The van der Waals surface area contributed by atoms with Crippen molar-refractivity contribution in [1.82, 2.24) is 0 Å². The first-order valence-corrected chi connectivity index (χ1v) is 21.7. The summed E-state index contributed by atoms with van der Waals surface area (Å²) < 4.78 is 0. The van der Waals surface area contributed by atoms with Gasteiger partial charge in [0.15, 0.2) is 0 Å². The Morgan fingerprint density at radius 2 is 0.892 bits per heavy atom. The molecule has 0 aliphatic heterocycles. The van der Waals surface area contributed by atoms with E-state index in [0.717, 1.165) is 8.20 Å². The maximum absolute atomic E-state index is 5.85. The predicted molar refractivity (Wildman–Crippen MR) is 183 cm³/mol. The van der Waals surface area contributed by atoms with E-state index in [9.17, 15) is 0 Å². The van der Waals surface area contributed by atoms with E-state index in [2.05, 4.69) is 131 Å². The molecule has 0 aliphatic rings. The summed E-state index contributed by atoms with van der Waals surface area (Å²) in [5.74, 6) is 0. The Morgan fingerprint density at radius 1 is 0.622 bits per heavy atom. The SMILES string of the molecule is CC(C)(C)c1cc(C(C)(C)C)c(P=[C-]Cl)c(C(C)(C)C)c1.CCP(CC)CC.CCP(CC)CC.[Cl][Pt+]. The zero-order valence-electron chi connectivity index (χ0n) is 26.8. The molecular formula is C31H59Cl2P3Pt. The van der Waals surface area contributed by atoms with E-state index in [1.54, 1.807) is 18.8 Å². The minimum atomic E-state index is 0.0946. The van der Waals surface area contributed by atoms with Gasteiger partial charge in [0.25, 0.3) is 0 Å². The van der Waals surface area contributed by atoms with E-state index in [1.165, 1.54) is 59.0 Å². The molecule has 0 atom stereocenters. The molecular weight excluding hydrogens is 731 g/mol. The summed E-state index contributed by atoms with van der Waals surface area (Å²) in [7, 11) is 6.48. The van der Waals surface area contributed by atoms with Crippen LogP contribution in [0.2, 0.25) is 0 Å². The van der Waals surface area contributed by atoms with E-state index < -0.39 is 0 Å². The molecule has 0 N–H and O–H groups in total. The summed E-state index contributed by atoms with van der Waals surface area (Å²) in [6.45, 7) is 34.2. The van der Waals surface area contributed by atoms with Gasteiger partial charge in [0.2, 0.25) is 0 Å². The first-order chi connectivity index (χ1) is 17.0. The van der Waals surface area contributed by atoms with Crippen LogP contribution in [0.1, 0.15) is 121 Å². The van der Waals surface area contributed by atoms with Gasteiger partial charge in [-0.2, -0.15) is 0 Å². The van der Waals surface area contributed by atoms with E-state index in [1.807, 2.05) is 0 Å². The van der Waals surface area contributed by atoms with Crippen molar-refractivity contribution in [2.75, 3.05) is 37.0 Å². The minimum absolute atomic E-state index is 0.0946. The van der Waals surface area contributed by atoms with Crippen molar-refractivity contribution >= 4 is 55.6 Å². The fourth-order valence-corrected chi connectivity index (χ4v) is 7.78. The topological polar surface area (TPSA) is 0 Å². The third-order valence-electron chi connectivity index (χ3n) is 6.43. The summed E-state index contributed by atoms with van der Waals surface area (Å²) in [6.07, 6.45) is 8.51. The second kappa shape index (κ2) is 22.2. The summed E-state index contributed by atoms with van der Waals surface area (Å²) in [5.41, 5.74) is 4.49. The molecule has 0 spiro atoms. The number of hydrogen-bond acceptors (Lipinski definition) is 0. The molecule has 0 amide bonds. The van der Waals surface area contributed by atoms with Crippen LogP contribution in [-0.2, 0) is 35.0 Å². The van der Waals surface area contributed by atoms with E-state index in [4.69, 9.17) is 11.6 Å². The van der Waals surface area contributed by atoms with Crippen molar-refractivity contribution in [2.45, 2.75) is 120 Å². The van der Waals surface area contributed by atoms with E-state index in [-0.39, 0.29) is 16.2 Å². The van der Waals surface area contributed by atoms with Crippen molar-refractivity contribution in [3.05, 3.63) is 28.8 Å². The Labute approximate surface area is 258 Å². The van der Waals surface area contributed by atoms with Crippen LogP contribution in [0.3, 0.4) is 0 Å². The van der Waals surface area contributed by atoms with Crippen LogP contribution in [0.4, 0.5) is 0 Å². The van der Waals surface area contributed by atoms with Gasteiger partial charge >= 0.3 is 28.2 Å². The van der Waals surface area contributed by atoms with Crippen molar-refractivity contribution in [3.8, 4) is 0 Å². The first-order valence-electron chi connectivity index (χ1n) is 13.8. The van der Waals surface area contributed by atoms with E-state index >= 15 is 0 Å². The number of benzene rings is 1. The summed E-state index contributed by atoms with van der Waals surface area (Å²) in [5, 5.41) is 4.13. The average molecular weight is 791 g/mol. The van der Waals surface area contributed by atoms with Gasteiger partial charge < -0.3 is 16.9 Å². The molecule has 6 heteroatoms. The van der Waals surface area contributed by atoms with Gasteiger partial charge in [-0.1, -0.05) is 116 Å². The van der Waals surface area contributed by atoms with Gasteiger partial charge in [-0.05, 0) is 75.2 Å². The van der Waals surface area contributed by atoms with Gasteiger partial charge in [-0.3, -0.25) is 8.20 Å². The summed E-state index contributed by atoms with van der Waals surface area (Å²) in [6, 6.07) is 4.73. The molecule has 0 aliphatic carbocycles. The summed E-state index contributed by atoms with van der Waals surface area (Å²) >= 11 is 7.46. The van der Waals surface area contributed by atoms with Gasteiger partial charge in [0.1, 0.15) is 0 Å². The Kier molecular flexibility index (Phi) is 25.7. The normalized spacial score (nSPS) is 12.0. The first kappa shape index (κ1) is 43.0. The number of hydrogen-bond donors (Lipinski definition) is 0. The van der Waals surface area contributed by atoms with Gasteiger partial charge in [0.05, 0.1) is 0 Å². The van der Waals surface area contributed by atoms with Crippen LogP contribution in [0.25, 0.3) is 0 Å². The van der Waals surface area contributed by atoms with Crippen molar-refractivity contribution in [1.29, 1.82) is 0 Å². The van der Waals surface area contributed by atoms with Crippen molar-refractivity contribution in [3.63, 3.8) is 0 Å². The molecule has 0 nitrogen and oxygen atoms in total. The third-order valence-corrected chi connectivity index (χ3v) is 12.8. The van der Waals surface area contributed by atoms with Gasteiger partial charge in [-0.15, -0.1) is 15.8 Å². The van der Waals surface area contributed by atoms with Gasteiger partial charge in [0, 0.05) is 0 Å². The van der Waals surface area contributed by atoms with Crippen LogP contribution < -0.4 is 5.30 Å². The molecule has 0 saturated carbocycles. The van der Waals surface area contributed by atoms with Crippen molar-refractivity contribution in [2.24, 2.45) is 0 Å². The molecule has 0 radical (unpaired) electrons. The fraction of sp³-hybridized carbons (Fsp3) is 0.774. The molecule has 1 aromatic rings. The Morgan fingerprint density at radius 3 is 1.03 bits per heavy atom. The molecule has 1 aromatic carbocycles. The van der Waals surface area contributed by atoms with Crippen LogP contribution in [0, 0.1) is 0 Å². The molecule has 1 rings (SSSR count). The summed E-state index contributed by atoms with van der Waals surface area (Å²) in [4.78, 5) is 0. The molecule has 0 bridgehead atoms. The van der Waals surface area contributed by atoms with Crippen LogP contribution in [-0.4, -0.2) is 42.2 Å².